The molecule has 4 rings (SSSR count). The van der Waals surface area contributed by atoms with Gasteiger partial charge in [-0.25, -0.2) is 0 Å². The van der Waals surface area contributed by atoms with Gasteiger partial charge in [-0.2, -0.15) is 18.2 Å². The van der Waals surface area contributed by atoms with E-state index in [2.05, 4.69) is 24.8 Å². The van der Waals surface area contributed by atoms with Crippen LogP contribution >= 0.6 is 0 Å². The van der Waals surface area contributed by atoms with E-state index >= 15 is 0 Å². The molecule has 0 atom stereocenters. The minimum absolute atomic E-state index is 0.181. The van der Waals surface area contributed by atoms with Crippen molar-refractivity contribution in [2.24, 2.45) is 0 Å². The van der Waals surface area contributed by atoms with Crippen LogP contribution in [0, 0.1) is 0 Å². The SMILES string of the molecule is FC(F)(F)c1cccc(-c2noc(CN3CCN(CCN4CCOCC4)CC3)n2)c1. The molecule has 30 heavy (non-hydrogen) atoms. The summed E-state index contributed by atoms with van der Waals surface area (Å²) in [6.07, 6.45) is -4.40. The van der Waals surface area contributed by atoms with Crippen molar-refractivity contribution in [2.45, 2.75) is 12.7 Å². The van der Waals surface area contributed by atoms with E-state index in [4.69, 9.17) is 9.26 Å². The van der Waals surface area contributed by atoms with E-state index in [1.807, 2.05) is 0 Å². The van der Waals surface area contributed by atoms with Gasteiger partial charge in [0.15, 0.2) is 0 Å². The lowest BCUT2D eigenvalue weighted by molar-refractivity contribution is -0.137. The Balaban J connectivity index is 1.26. The molecule has 0 N–H and O–H groups in total. The summed E-state index contributed by atoms with van der Waals surface area (Å²) in [4.78, 5) is 11.4. The molecule has 0 radical (unpaired) electrons. The number of aromatic nitrogens is 2. The van der Waals surface area contributed by atoms with Gasteiger partial charge in [0, 0.05) is 57.9 Å². The molecule has 2 aliphatic rings. The van der Waals surface area contributed by atoms with E-state index in [-0.39, 0.29) is 5.82 Å². The third-order valence-electron chi connectivity index (χ3n) is 5.58. The van der Waals surface area contributed by atoms with Crippen LogP contribution in [0.5, 0.6) is 0 Å². The third kappa shape index (κ3) is 5.57. The van der Waals surface area contributed by atoms with Crippen molar-refractivity contribution < 1.29 is 22.4 Å². The Hall–Kier alpha value is -2.01. The molecule has 2 saturated heterocycles. The van der Waals surface area contributed by atoms with Gasteiger partial charge in [-0.3, -0.25) is 14.7 Å². The molecule has 1 aromatic heterocycles. The Morgan fingerprint density at radius 1 is 0.900 bits per heavy atom. The molecular formula is C20H26F3N5O2. The van der Waals surface area contributed by atoms with E-state index in [1.165, 1.54) is 6.07 Å². The largest absolute Gasteiger partial charge is 0.416 e. The van der Waals surface area contributed by atoms with Crippen LogP contribution in [0.4, 0.5) is 13.2 Å². The molecule has 2 aliphatic heterocycles. The van der Waals surface area contributed by atoms with Crippen LogP contribution in [0.3, 0.4) is 0 Å². The maximum Gasteiger partial charge on any atom is 0.416 e. The Morgan fingerprint density at radius 3 is 2.27 bits per heavy atom. The van der Waals surface area contributed by atoms with Crippen molar-refractivity contribution in [2.75, 3.05) is 65.6 Å². The molecule has 0 saturated carbocycles. The van der Waals surface area contributed by atoms with Gasteiger partial charge >= 0.3 is 6.18 Å². The summed E-state index contributed by atoms with van der Waals surface area (Å²) < 4.78 is 49.4. The zero-order valence-corrected chi connectivity index (χ0v) is 16.8. The highest BCUT2D eigenvalue weighted by molar-refractivity contribution is 5.55. The number of morpholine rings is 1. The average molecular weight is 425 g/mol. The minimum atomic E-state index is -4.40. The predicted molar refractivity (Wildman–Crippen MR) is 104 cm³/mol. The lowest BCUT2D eigenvalue weighted by Crippen LogP contribution is -2.49. The molecule has 10 heteroatoms. The number of rotatable bonds is 6. The van der Waals surface area contributed by atoms with Crippen molar-refractivity contribution in [3.63, 3.8) is 0 Å². The Morgan fingerprint density at radius 2 is 1.57 bits per heavy atom. The molecule has 7 nitrogen and oxygen atoms in total. The van der Waals surface area contributed by atoms with Gasteiger partial charge in [0.2, 0.25) is 11.7 Å². The Bertz CT molecular complexity index is 815. The highest BCUT2D eigenvalue weighted by Gasteiger charge is 2.31. The van der Waals surface area contributed by atoms with Crippen molar-refractivity contribution in [1.29, 1.82) is 0 Å². The van der Waals surface area contributed by atoms with Crippen LogP contribution in [-0.2, 0) is 17.5 Å². The third-order valence-corrected chi connectivity index (χ3v) is 5.58. The first-order chi connectivity index (χ1) is 14.5. The minimum Gasteiger partial charge on any atom is -0.379 e. The smallest absolute Gasteiger partial charge is 0.379 e. The average Bonchev–Trinajstić information content (AvgIpc) is 3.22. The first-order valence-corrected chi connectivity index (χ1v) is 10.2. The highest BCUT2D eigenvalue weighted by atomic mass is 19.4. The molecule has 0 bridgehead atoms. The second kappa shape index (κ2) is 9.42. The van der Waals surface area contributed by atoms with E-state index in [0.29, 0.717) is 18.0 Å². The highest BCUT2D eigenvalue weighted by Crippen LogP contribution is 2.31. The zero-order valence-electron chi connectivity index (χ0n) is 16.8. The van der Waals surface area contributed by atoms with Gasteiger partial charge in [-0.05, 0) is 12.1 Å². The first-order valence-electron chi connectivity index (χ1n) is 10.2. The van der Waals surface area contributed by atoms with E-state index < -0.39 is 11.7 Å². The van der Waals surface area contributed by atoms with E-state index in [1.54, 1.807) is 6.07 Å². The summed E-state index contributed by atoms with van der Waals surface area (Å²) in [7, 11) is 0. The maximum absolute atomic E-state index is 12.9. The molecular weight excluding hydrogens is 399 g/mol. The summed E-state index contributed by atoms with van der Waals surface area (Å²) in [5, 5.41) is 3.86. The summed E-state index contributed by atoms with van der Waals surface area (Å²) in [6.45, 7) is 10.00. The number of ether oxygens (including phenoxy) is 1. The normalized spacial score (nSPS) is 20.0. The number of halogens is 3. The van der Waals surface area contributed by atoms with Crippen molar-refractivity contribution in [3.8, 4) is 11.4 Å². The molecule has 0 amide bonds. The van der Waals surface area contributed by atoms with Crippen molar-refractivity contribution in [1.82, 2.24) is 24.8 Å². The summed E-state index contributed by atoms with van der Waals surface area (Å²) in [5.74, 6) is 0.601. The van der Waals surface area contributed by atoms with Crippen LogP contribution < -0.4 is 0 Å². The molecule has 3 heterocycles. The zero-order chi connectivity index (χ0) is 21.0. The number of hydrogen-bond acceptors (Lipinski definition) is 7. The topological polar surface area (TPSA) is 57.9 Å². The van der Waals surface area contributed by atoms with Gasteiger partial charge in [-0.15, -0.1) is 0 Å². The second-order valence-electron chi connectivity index (χ2n) is 7.66. The van der Waals surface area contributed by atoms with Crippen molar-refractivity contribution >= 4 is 0 Å². The molecule has 0 aliphatic carbocycles. The molecule has 2 aromatic rings. The fraction of sp³-hybridized carbons (Fsp3) is 0.600. The maximum atomic E-state index is 12.9. The molecule has 0 unspecified atom stereocenters. The van der Waals surface area contributed by atoms with Crippen LogP contribution in [-0.4, -0.2) is 90.4 Å². The monoisotopic (exact) mass is 425 g/mol. The van der Waals surface area contributed by atoms with Gasteiger partial charge in [0.25, 0.3) is 0 Å². The van der Waals surface area contributed by atoms with Crippen LogP contribution in [0.2, 0.25) is 0 Å². The van der Waals surface area contributed by atoms with Gasteiger partial charge in [0.1, 0.15) is 0 Å². The van der Waals surface area contributed by atoms with Crippen LogP contribution in [0.1, 0.15) is 11.5 Å². The number of nitrogens with zero attached hydrogens (tertiary/aromatic N) is 5. The van der Waals surface area contributed by atoms with Gasteiger partial charge < -0.3 is 9.26 Å². The quantitative estimate of drug-likeness (QED) is 0.703. The molecule has 0 spiro atoms. The predicted octanol–water partition coefficient (Wildman–Crippen LogP) is 2.21. The van der Waals surface area contributed by atoms with Gasteiger partial charge in [-0.1, -0.05) is 17.3 Å². The number of alkyl halides is 3. The first kappa shape index (κ1) is 21.2. The van der Waals surface area contributed by atoms with Crippen LogP contribution in [0.15, 0.2) is 28.8 Å². The standard InChI is InChI=1S/C20H26F3N5O2/c21-20(22,23)17-3-1-2-16(14-17)19-24-18(30-25-19)15-28-8-6-26(7-9-28)4-5-27-10-12-29-13-11-27/h1-3,14H,4-13,15H2. The lowest BCUT2D eigenvalue weighted by Gasteiger charge is -2.35. The van der Waals surface area contributed by atoms with Crippen LogP contribution in [0.25, 0.3) is 11.4 Å². The number of benzene rings is 1. The number of hydrogen-bond donors (Lipinski definition) is 0. The molecule has 2 fully saturated rings. The summed E-state index contributed by atoms with van der Waals surface area (Å²) in [6, 6.07) is 4.98. The second-order valence-corrected chi connectivity index (χ2v) is 7.66. The fourth-order valence-corrected chi connectivity index (χ4v) is 3.74. The summed E-state index contributed by atoms with van der Waals surface area (Å²) >= 11 is 0. The molecule has 1 aromatic carbocycles. The van der Waals surface area contributed by atoms with E-state index in [9.17, 15) is 13.2 Å². The van der Waals surface area contributed by atoms with Gasteiger partial charge in [0.05, 0.1) is 25.3 Å². The lowest BCUT2D eigenvalue weighted by atomic mass is 10.1. The number of piperazine rings is 1. The fourth-order valence-electron chi connectivity index (χ4n) is 3.74. The molecule has 164 valence electrons. The van der Waals surface area contributed by atoms with E-state index in [0.717, 1.165) is 77.7 Å². The van der Waals surface area contributed by atoms with Crippen molar-refractivity contribution in [3.05, 3.63) is 35.7 Å². The summed E-state index contributed by atoms with van der Waals surface area (Å²) in [5.41, 5.74) is -0.424. The Labute approximate surface area is 173 Å². The Kier molecular flexibility index (Phi) is 6.67.